The van der Waals surface area contributed by atoms with Crippen LogP contribution in [0.3, 0.4) is 0 Å². The molecule has 129 heavy (non-hydrogen) atoms. The van der Waals surface area contributed by atoms with Crippen LogP contribution in [0.25, 0.3) is 44.1 Å². The molecule has 2 aromatic heterocycles. The van der Waals surface area contributed by atoms with Gasteiger partial charge in [-0.3, -0.25) is 39.4 Å². The van der Waals surface area contributed by atoms with Gasteiger partial charge in [0.2, 0.25) is 22.9 Å². The van der Waals surface area contributed by atoms with Gasteiger partial charge in [0, 0.05) is 127 Å². The van der Waals surface area contributed by atoms with E-state index in [-0.39, 0.29) is 131 Å². The number of carbonyl (C=O) groups excluding carboxylic acids is 6. The topological polar surface area (TPSA) is 336 Å². The zero-order chi connectivity index (χ0) is 91.1. The van der Waals surface area contributed by atoms with E-state index < -0.39 is 44.3 Å². The maximum Gasteiger partial charge on any atom is 0.411 e. The number of phenols is 2. The molecule has 26 nitrogen and oxygen atoms in total. The number of nitrogens with zero attached hydrogens (tertiary/aromatic N) is 4. The molecule has 2 atom stereocenters. The van der Waals surface area contributed by atoms with Crippen LogP contribution in [0.4, 0.5) is 29.7 Å². The average molecular weight is 1780 g/mol. The van der Waals surface area contributed by atoms with Crippen LogP contribution in [0, 0.1) is 23.5 Å². The number of hydrogen-bond acceptors (Lipinski definition) is 20. The van der Waals surface area contributed by atoms with Crippen LogP contribution in [-0.2, 0) is 68.5 Å². The number of H-pyrrole nitrogens is 2. The highest BCUT2D eigenvalue weighted by molar-refractivity contribution is 6.74. The zero-order valence-electron chi connectivity index (χ0n) is 73.9. The summed E-state index contributed by atoms with van der Waals surface area (Å²) in [4.78, 5) is 115. The van der Waals surface area contributed by atoms with Gasteiger partial charge < -0.3 is 78.9 Å². The Hall–Kier alpha value is -12.0. The molecule has 8 aromatic carbocycles. The summed E-state index contributed by atoms with van der Waals surface area (Å²) in [6.07, 6.45) is 3.81. The summed E-state index contributed by atoms with van der Waals surface area (Å²) in [5, 5.41) is 44.0. The van der Waals surface area contributed by atoms with Gasteiger partial charge in [-0.25, -0.2) is 18.4 Å². The molecule has 4 aliphatic heterocycles. The Kier molecular flexibility index (Phi) is 32.9. The predicted molar refractivity (Wildman–Crippen MR) is 495 cm³/mol. The molecule has 4 fully saturated rings. The van der Waals surface area contributed by atoms with Crippen LogP contribution in [0.1, 0.15) is 131 Å². The van der Waals surface area contributed by atoms with Crippen molar-refractivity contribution in [3.63, 3.8) is 0 Å². The number of aliphatic hydroxyl groups is 1. The van der Waals surface area contributed by atoms with Gasteiger partial charge >= 0.3 is 24.1 Å². The van der Waals surface area contributed by atoms with E-state index in [1.807, 2.05) is 125 Å². The second kappa shape index (κ2) is 44.8. The fourth-order valence-corrected chi connectivity index (χ4v) is 18.1. The number of phenolic OH excluding ortho intramolecular Hbond substituents is 2. The molecule has 29 heteroatoms. The number of piperidine rings is 4. The summed E-state index contributed by atoms with van der Waals surface area (Å²) in [6.45, 7) is 18.8. The van der Waals surface area contributed by atoms with E-state index in [0.29, 0.717) is 124 Å². The fourth-order valence-electron chi connectivity index (χ4n) is 16.8. The van der Waals surface area contributed by atoms with Gasteiger partial charge in [-0.1, -0.05) is 154 Å². The van der Waals surface area contributed by atoms with Crippen LogP contribution < -0.4 is 32.4 Å². The first-order chi connectivity index (χ1) is 62.1. The number of fused-ring (bicyclic) bond motifs is 2. The largest absolute Gasteiger partial charge is 0.506 e. The lowest BCUT2D eigenvalue weighted by molar-refractivity contribution is -0.151. The molecule has 10 aromatic rings. The van der Waals surface area contributed by atoms with E-state index in [2.05, 4.69) is 74.9 Å². The highest BCUT2D eigenvalue weighted by Gasteiger charge is 2.40. The van der Waals surface area contributed by atoms with Crippen LogP contribution >= 0.6 is 0 Å². The number of anilines is 2. The summed E-state index contributed by atoms with van der Waals surface area (Å²) in [6, 6.07) is 57.2. The van der Waals surface area contributed by atoms with E-state index >= 15 is 4.39 Å². The second-order valence-corrected chi connectivity index (χ2v) is 40.2. The van der Waals surface area contributed by atoms with Crippen molar-refractivity contribution in [1.29, 1.82) is 0 Å². The van der Waals surface area contributed by atoms with Crippen LogP contribution in [0.15, 0.2) is 204 Å². The third-order valence-electron chi connectivity index (χ3n) is 25.3. The predicted octanol–water partition coefficient (Wildman–Crippen LogP) is 15.6. The highest BCUT2D eigenvalue weighted by atomic mass is 28.4. The van der Waals surface area contributed by atoms with Crippen molar-refractivity contribution in [1.82, 2.24) is 40.2 Å². The Balaban J connectivity index is 0.000000221. The quantitative estimate of drug-likeness (QED) is 0.0107. The van der Waals surface area contributed by atoms with Crippen molar-refractivity contribution < 1.29 is 76.2 Å². The average Bonchev–Trinajstić information content (AvgIpc) is 0.772. The van der Waals surface area contributed by atoms with Gasteiger partial charge in [0.25, 0.3) is 0 Å². The molecule has 9 N–H and O–H groups in total. The number of esters is 2. The third kappa shape index (κ3) is 26.6. The van der Waals surface area contributed by atoms with Gasteiger partial charge in [0.15, 0.2) is 8.32 Å². The Morgan fingerprint density at radius 1 is 0.488 bits per heavy atom. The van der Waals surface area contributed by atoms with Crippen molar-refractivity contribution >= 4 is 77.4 Å². The first kappa shape index (κ1) is 94.6. The van der Waals surface area contributed by atoms with Crippen molar-refractivity contribution in [3.8, 4) is 33.8 Å². The lowest BCUT2D eigenvalue weighted by atomic mass is 9.97. The number of carbonyl (C=O) groups is 6. The number of likely N-dealkylation sites (tertiary alicyclic amines) is 4. The number of halogens is 2. The number of pyridine rings is 2. The number of amides is 4. The van der Waals surface area contributed by atoms with E-state index in [9.17, 15) is 58.1 Å². The number of benzene rings is 8. The van der Waals surface area contributed by atoms with Crippen LogP contribution in [-0.4, -0.2) is 193 Å². The Labute approximate surface area is 751 Å². The van der Waals surface area contributed by atoms with Crippen molar-refractivity contribution in [2.75, 3.05) is 102 Å². The molecule has 0 unspecified atom stereocenters. The van der Waals surface area contributed by atoms with E-state index in [1.165, 1.54) is 48.5 Å². The molecular weight excluding hydrogens is 1660 g/mol. The van der Waals surface area contributed by atoms with Crippen LogP contribution in [0.5, 0.6) is 11.5 Å². The molecule has 14 rings (SSSR count). The standard InChI is InChI=1S/C53H66FN5O8Si.C47H52FN5O8/c1-53(2,3)68(4,5)67-47(42-16-19-46(60)51-43(42)17-20-48(61)57-51)34-55-33-37-15-18-45(44(54)31-37)56-52(64)65-35-36-21-29-59(30-22-36)49(62)25-28-58-26-23-40(24-27-58)66-50(63)32-39-13-9-10-14-41(39)38-11-7-6-8-12-38;48-39-26-32(28-49-29-42(55)37-11-14-41(54)46-38(37)12-15-43(56)51-46)10-13-40(39)50-47(59)60-30-31-16-24-53(25-17-31)44(57)20-23-52-21-18-35(19-22-52)61-45(58)27-34-8-4-5-9-36(34)33-6-2-1-3-7-33/h6-20,31,36,40,47,55,60H,21-30,32-35H2,1-5H3,(H,56,64)(H,57,61);1-15,26,31,35,42,49,54-55H,16-25,27-30H2,(H,50,59)(H,51,56)/t47-;42-/m00/s1. The van der Waals surface area contributed by atoms with Gasteiger partial charge in [0.05, 0.1) is 60.7 Å². The molecule has 0 saturated carbocycles. The molecule has 4 aliphatic rings. The van der Waals surface area contributed by atoms with Gasteiger partial charge in [-0.05, 0) is 186 Å². The third-order valence-corrected chi connectivity index (χ3v) is 29.8. The maximum atomic E-state index is 15.3. The molecule has 682 valence electrons. The van der Waals surface area contributed by atoms with Gasteiger partial charge in [-0.15, -0.1) is 0 Å². The first-order valence-electron chi connectivity index (χ1n) is 44.7. The van der Waals surface area contributed by atoms with E-state index in [1.54, 1.807) is 30.3 Å². The summed E-state index contributed by atoms with van der Waals surface area (Å²) < 4.78 is 59.8. The molecule has 4 amide bonds. The molecule has 6 heterocycles. The molecular formula is C100H118F2N10O16Si. The Morgan fingerprint density at radius 3 is 1.32 bits per heavy atom. The molecule has 0 spiro atoms. The number of rotatable bonds is 32. The monoisotopic (exact) mass is 1780 g/mol. The Morgan fingerprint density at radius 2 is 0.891 bits per heavy atom. The highest BCUT2D eigenvalue weighted by Crippen LogP contribution is 2.42. The van der Waals surface area contributed by atoms with E-state index in [0.717, 1.165) is 90.8 Å². The zero-order valence-corrected chi connectivity index (χ0v) is 74.9. The molecule has 0 aliphatic carbocycles. The van der Waals surface area contributed by atoms with Crippen molar-refractivity contribution in [3.05, 3.63) is 260 Å². The van der Waals surface area contributed by atoms with Crippen LogP contribution in [0.2, 0.25) is 18.1 Å². The number of aromatic nitrogens is 2. The minimum Gasteiger partial charge on any atom is -0.506 e. The van der Waals surface area contributed by atoms with Gasteiger partial charge in [0.1, 0.15) is 35.3 Å². The number of nitrogens with one attached hydrogen (secondary N) is 6. The SMILES string of the molecule is CC(C)(C)[Si](C)(C)O[C@@H](CNCc1ccc(NC(=O)OCC2CCN(C(=O)CCN3CCC(OC(=O)Cc4ccccc4-c4ccccc4)CC3)CC2)c(F)c1)c1ccc(O)c2[nH]c(=O)ccc12.O=C(Cc1ccccc1-c1ccccc1)OC1CCN(CCC(=O)N2CCC(COC(=O)Nc3ccc(CNC[C@H](O)c4ccc(O)c5[nH]c(=O)ccc45)cc3F)CC2)CC1. The fraction of sp³-hybridized carbons (Fsp3) is 0.400. The minimum absolute atomic E-state index is 0.00814. The van der Waals surface area contributed by atoms with Crippen molar-refractivity contribution in [2.24, 2.45) is 11.8 Å². The summed E-state index contributed by atoms with van der Waals surface area (Å²) in [7, 11) is -2.29. The first-order valence-corrected chi connectivity index (χ1v) is 47.6. The summed E-state index contributed by atoms with van der Waals surface area (Å²) >= 11 is 0. The molecule has 0 radical (unpaired) electrons. The Bertz CT molecular complexity index is 5630. The number of aliphatic hydroxyl groups excluding tert-OH is 1. The number of aromatic amines is 2. The summed E-state index contributed by atoms with van der Waals surface area (Å²) in [5.74, 6) is -1.45. The number of ether oxygens (including phenoxy) is 4. The number of hydrogen-bond donors (Lipinski definition) is 9. The van der Waals surface area contributed by atoms with Gasteiger partial charge in [-0.2, -0.15) is 0 Å². The lowest BCUT2D eigenvalue weighted by Gasteiger charge is -2.39. The van der Waals surface area contributed by atoms with E-state index in [4.69, 9.17) is 23.4 Å². The summed E-state index contributed by atoms with van der Waals surface area (Å²) in [5.41, 5.74) is 8.55. The van der Waals surface area contributed by atoms with Crippen molar-refractivity contribution in [2.45, 2.75) is 153 Å². The number of aromatic hydroxyl groups is 2. The molecule has 4 saturated heterocycles. The minimum atomic E-state index is -2.29. The normalized spacial score (nSPS) is 15.8. The maximum absolute atomic E-state index is 15.3. The lowest BCUT2D eigenvalue weighted by Crippen LogP contribution is -2.43. The molecule has 0 bridgehead atoms. The smallest absolute Gasteiger partial charge is 0.411 e. The second-order valence-electron chi connectivity index (χ2n) is 35.4.